The van der Waals surface area contributed by atoms with Crippen LogP contribution in [0.1, 0.15) is 5.56 Å². The second-order valence-electron chi connectivity index (χ2n) is 6.39. The van der Waals surface area contributed by atoms with Crippen molar-refractivity contribution in [2.45, 2.75) is 12.5 Å². The van der Waals surface area contributed by atoms with E-state index in [1.165, 1.54) is 6.07 Å². The molecule has 2 N–H and O–H groups in total. The van der Waals surface area contributed by atoms with Crippen LogP contribution < -0.4 is 10.6 Å². The van der Waals surface area contributed by atoms with E-state index in [4.69, 9.17) is 5.73 Å². The molecule has 0 aliphatic carbocycles. The van der Waals surface area contributed by atoms with Gasteiger partial charge in [0.25, 0.3) is 5.69 Å². The normalized spacial score (nSPS) is 14.5. The Labute approximate surface area is 176 Å². The number of rotatable bonds is 5. The van der Waals surface area contributed by atoms with Gasteiger partial charge in [-0.2, -0.15) is 0 Å². The van der Waals surface area contributed by atoms with E-state index >= 15 is 0 Å². The predicted molar refractivity (Wildman–Crippen MR) is 115 cm³/mol. The number of nitrogens with two attached hydrogens (primary N) is 1. The molecule has 0 saturated carbocycles. The summed E-state index contributed by atoms with van der Waals surface area (Å²) in [6.45, 7) is 2.38. The third-order valence-corrected chi connectivity index (χ3v) is 4.61. The largest absolute Gasteiger partial charge is 0.368 e. The summed E-state index contributed by atoms with van der Waals surface area (Å²) in [7, 11) is 0. The lowest BCUT2D eigenvalue weighted by molar-refractivity contribution is -0.384. The van der Waals surface area contributed by atoms with E-state index in [0.717, 1.165) is 11.3 Å². The van der Waals surface area contributed by atoms with Gasteiger partial charge in [0.2, 0.25) is 5.91 Å². The molecule has 0 bridgehead atoms. The third-order valence-electron chi connectivity index (χ3n) is 4.61. The van der Waals surface area contributed by atoms with Crippen LogP contribution in [0.2, 0.25) is 0 Å². The van der Waals surface area contributed by atoms with Gasteiger partial charge in [-0.3, -0.25) is 14.9 Å². The number of carbonyl (C=O) groups is 1. The first-order valence-electron chi connectivity index (χ1n) is 8.62. The fraction of sp³-hybridized carbons (Fsp3) is 0.316. The zero-order valence-corrected chi connectivity index (χ0v) is 16.9. The summed E-state index contributed by atoms with van der Waals surface area (Å²) in [6, 6.07) is 15.8. The average Bonchev–Trinajstić information content (AvgIpc) is 2.68. The van der Waals surface area contributed by atoms with Gasteiger partial charge >= 0.3 is 0 Å². The Bertz CT molecular complexity index is 784. The van der Waals surface area contributed by atoms with Crippen LogP contribution >= 0.6 is 24.8 Å². The molecule has 1 heterocycles. The lowest BCUT2D eigenvalue weighted by Gasteiger charge is -2.37. The summed E-state index contributed by atoms with van der Waals surface area (Å²) in [6.07, 6.45) is 0.519. The molecule has 0 aromatic heterocycles. The van der Waals surface area contributed by atoms with E-state index in [9.17, 15) is 14.9 Å². The van der Waals surface area contributed by atoms with Gasteiger partial charge in [0.05, 0.1) is 11.0 Å². The van der Waals surface area contributed by atoms with Crippen LogP contribution in [0.25, 0.3) is 0 Å². The molecule has 1 unspecified atom stereocenters. The van der Waals surface area contributed by atoms with E-state index in [1.54, 1.807) is 17.0 Å². The van der Waals surface area contributed by atoms with Gasteiger partial charge in [-0.15, -0.1) is 24.8 Å². The first-order valence-corrected chi connectivity index (χ1v) is 8.62. The van der Waals surface area contributed by atoms with Gasteiger partial charge in [0, 0.05) is 44.0 Å². The molecule has 1 aliphatic heterocycles. The summed E-state index contributed by atoms with van der Waals surface area (Å²) < 4.78 is 0. The highest BCUT2D eigenvalue weighted by Crippen LogP contribution is 2.22. The van der Waals surface area contributed by atoms with Crippen molar-refractivity contribution in [2.24, 2.45) is 5.73 Å². The average molecular weight is 427 g/mol. The number of nitrogens with zero attached hydrogens (tertiary/aromatic N) is 3. The summed E-state index contributed by atoms with van der Waals surface area (Å²) in [4.78, 5) is 26.9. The molecule has 9 heteroatoms. The van der Waals surface area contributed by atoms with Crippen LogP contribution in [0.3, 0.4) is 0 Å². The standard InChI is InChI=1S/C19H22N4O3.2ClH/c20-18(13-15-5-2-1-3-6-15)19(24)22-11-9-21(10-12-22)16-7-4-8-17(14-16)23(25)26;;/h1-8,14,18H,9-13,20H2;2*1H. The minimum atomic E-state index is -0.554. The van der Waals surface area contributed by atoms with Crippen LogP contribution in [0.5, 0.6) is 0 Å². The molecule has 1 aliphatic rings. The Morgan fingerprint density at radius 3 is 2.29 bits per heavy atom. The van der Waals surface area contributed by atoms with Crippen molar-refractivity contribution in [3.05, 3.63) is 70.3 Å². The van der Waals surface area contributed by atoms with Crippen molar-refractivity contribution in [3.63, 3.8) is 0 Å². The molecule has 1 saturated heterocycles. The molecule has 0 spiro atoms. The Balaban J connectivity index is 0.00000196. The highest BCUT2D eigenvalue weighted by atomic mass is 35.5. The van der Waals surface area contributed by atoms with Crippen LogP contribution in [0.15, 0.2) is 54.6 Å². The number of amides is 1. The molecule has 152 valence electrons. The second-order valence-corrected chi connectivity index (χ2v) is 6.39. The molecular weight excluding hydrogens is 403 g/mol. The van der Waals surface area contributed by atoms with Crippen LogP contribution in [0.4, 0.5) is 11.4 Å². The van der Waals surface area contributed by atoms with Crippen molar-refractivity contribution in [2.75, 3.05) is 31.1 Å². The molecule has 1 fully saturated rings. The number of nitro groups is 1. The van der Waals surface area contributed by atoms with Crippen molar-refractivity contribution in [3.8, 4) is 0 Å². The van der Waals surface area contributed by atoms with Gasteiger partial charge in [-0.05, 0) is 18.1 Å². The third kappa shape index (κ3) is 5.82. The van der Waals surface area contributed by atoms with Crippen molar-refractivity contribution >= 4 is 42.1 Å². The highest BCUT2D eigenvalue weighted by Gasteiger charge is 2.26. The fourth-order valence-corrected chi connectivity index (χ4v) is 3.18. The minimum absolute atomic E-state index is 0. The van der Waals surface area contributed by atoms with Gasteiger partial charge in [-0.1, -0.05) is 36.4 Å². The zero-order chi connectivity index (χ0) is 18.5. The van der Waals surface area contributed by atoms with E-state index in [-0.39, 0.29) is 36.4 Å². The van der Waals surface area contributed by atoms with Crippen LogP contribution in [0, 0.1) is 10.1 Å². The number of anilines is 1. The number of hydrogen-bond acceptors (Lipinski definition) is 5. The predicted octanol–water partition coefficient (Wildman–Crippen LogP) is 2.66. The van der Waals surface area contributed by atoms with Gasteiger partial charge in [0.15, 0.2) is 0 Å². The maximum atomic E-state index is 12.6. The van der Waals surface area contributed by atoms with Gasteiger partial charge in [0.1, 0.15) is 0 Å². The Morgan fingerprint density at radius 1 is 1.04 bits per heavy atom. The number of non-ortho nitro benzene ring substituents is 1. The number of nitro benzene ring substituents is 1. The SMILES string of the molecule is Cl.Cl.NC(Cc1ccccc1)C(=O)N1CCN(c2cccc([N+](=O)[O-])c2)CC1. The fourth-order valence-electron chi connectivity index (χ4n) is 3.18. The summed E-state index contributed by atoms with van der Waals surface area (Å²) in [5, 5.41) is 10.9. The zero-order valence-electron chi connectivity index (χ0n) is 15.3. The van der Waals surface area contributed by atoms with Crippen LogP contribution in [-0.4, -0.2) is 48.0 Å². The minimum Gasteiger partial charge on any atom is -0.368 e. The monoisotopic (exact) mass is 426 g/mol. The molecule has 1 amide bonds. The lowest BCUT2D eigenvalue weighted by atomic mass is 10.1. The quantitative estimate of drug-likeness (QED) is 0.585. The lowest BCUT2D eigenvalue weighted by Crippen LogP contribution is -2.53. The summed E-state index contributed by atoms with van der Waals surface area (Å²) in [5.41, 5.74) is 8.02. The van der Waals surface area contributed by atoms with Gasteiger partial charge < -0.3 is 15.5 Å². The van der Waals surface area contributed by atoms with Crippen LogP contribution in [-0.2, 0) is 11.2 Å². The van der Waals surface area contributed by atoms with E-state index in [2.05, 4.69) is 4.90 Å². The number of piperazine rings is 1. The second kappa shape index (κ2) is 10.8. The van der Waals surface area contributed by atoms with E-state index in [1.807, 2.05) is 36.4 Å². The number of hydrogen-bond donors (Lipinski definition) is 1. The number of halogens is 2. The maximum Gasteiger partial charge on any atom is 0.271 e. The molecular formula is C19H24Cl2N4O3. The van der Waals surface area contributed by atoms with E-state index < -0.39 is 11.0 Å². The van der Waals surface area contributed by atoms with Crippen molar-refractivity contribution in [1.29, 1.82) is 0 Å². The van der Waals surface area contributed by atoms with E-state index in [0.29, 0.717) is 32.6 Å². The molecule has 7 nitrogen and oxygen atoms in total. The Kier molecular flexibility index (Phi) is 9.18. The number of benzene rings is 2. The molecule has 1 atom stereocenters. The smallest absolute Gasteiger partial charge is 0.271 e. The van der Waals surface area contributed by atoms with Gasteiger partial charge in [-0.25, -0.2) is 0 Å². The van der Waals surface area contributed by atoms with Crippen molar-refractivity contribution in [1.82, 2.24) is 4.90 Å². The molecule has 0 radical (unpaired) electrons. The Hall–Kier alpha value is -2.35. The summed E-state index contributed by atoms with van der Waals surface area (Å²) >= 11 is 0. The van der Waals surface area contributed by atoms with Crippen molar-refractivity contribution < 1.29 is 9.72 Å². The summed E-state index contributed by atoms with van der Waals surface area (Å²) in [5.74, 6) is -0.0486. The molecule has 2 aromatic carbocycles. The topological polar surface area (TPSA) is 92.7 Å². The maximum absolute atomic E-state index is 12.6. The first kappa shape index (κ1) is 23.7. The molecule has 2 aromatic rings. The number of carbonyl (C=O) groups excluding carboxylic acids is 1. The Morgan fingerprint density at radius 2 is 1.68 bits per heavy atom. The highest BCUT2D eigenvalue weighted by molar-refractivity contribution is 5.85. The first-order chi connectivity index (χ1) is 12.5. The molecule has 3 rings (SSSR count). The molecule has 28 heavy (non-hydrogen) atoms.